The van der Waals surface area contributed by atoms with E-state index < -0.39 is 23.7 Å². The van der Waals surface area contributed by atoms with Gasteiger partial charge in [-0.05, 0) is 33.3 Å². The van der Waals surface area contributed by atoms with Crippen LogP contribution in [0.3, 0.4) is 0 Å². The number of rotatable bonds is 5. The number of amides is 2. The van der Waals surface area contributed by atoms with Gasteiger partial charge in [-0.25, -0.2) is 4.79 Å². The Kier molecular flexibility index (Phi) is 7.82. The molecule has 0 saturated heterocycles. The van der Waals surface area contributed by atoms with Crippen LogP contribution >= 0.6 is 0 Å². The minimum Gasteiger partial charge on any atom is -0.465 e. The molecular weight excluding hydrogens is 372 g/mol. The van der Waals surface area contributed by atoms with Crippen molar-refractivity contribution < 1.29 is 23.9 Å². The van der Waals surface area contributed by atoms with Crippen LogP contribution in [0.5, 0.6) is 0 Å². The summed E-state index contributed by atoms with van der Waals surface area (Å²) in [6.07, 6.45) is 3.35. The maximum atomic E-state index is 13.4. The first-order valence-corrected chi connectivity index (χ1v) is 9.84. The number of ether oxygens (including phenoxy) is 2. The van der Waals surface area contributed by atoms with Crippen LogP contribution < -0.4 is 0 Å². The molecule has 1 aliphatic rings. The lowest BCUT2D eigenvalue weighted by Gasteiger charge is -2.36. The Labute approximate surface area is 172 Å². The Balaban J connectivity index is 2.33. The second-order valence-corrected chi connectivity index (χ2v) is 7.83. The Morgan fingerprint density at radius 1 is 1.10 bits per heavy atom. The average Bonchev–Trinajstić information content (AvgIpc) is 2.63. The van der Waals surface area contributed by atoms with Gasteiger partial charge in [0.15, 0.2) is 0 Å². The van der Waals surface area contributed by atoms with E-state index in [0.717, 1.165) is 5.56 Å². The maximum Gasteiger partial charge on any atom is 0.411 e. The fraction of sp³-hybridized carbons (Fsp3) is 0.500. The van der Waals surface area contributed by atoms with Crippen LogP contribution in [0.25, 0.3) is 0 Å². The lowest BCUT2D eigenvalue weighted by Crippen LogP contribution is -2.55. The third-order valence-electron chi connectivity index (χ3n) is 4.29. The van der Waals surface area contributed by atoms with E-state index in [2.05, 4.69) is 0 Å². The van der Waals surface area contributed by atoms with Gasteiger partial charge in [-0.3, -0.25) is 14.5 Å². The first-order valence-electron chi connectivity index (χ1n) is 9.84. The SMILES string of the molecule is CCOC(=O)CN1C/C=C\CN(C(=O)OC(C)(C)C)[C@@H](Cc2ccccc2)C1=O. The van der Waals surface area contributed by atoms with Crippen molar-refractivity contribution >= 4 is 18.0 Å². The molecule has 0 spiro atoms. The van der Waals surface area contributed by atoms with Gasteiger partial charge in [0.25, 0.3) is 0 Å². The van der Waals surface area contributed by atoms with Gasteiger partial charge >= 0.3 is 12.1 Å². The normalized spacial score (nSPS) is 18.6. The summed E-state index contributed by atoms with van der Waals surface area (Å²) in [4.78, 5) is 41.0. The van der Waals surface area contributed by atoms with Crippen LogP contribution in [0.2, 0.25) is 0 Å². The number of nitrogens with zero attached hydrogens (tertiary/aromatic N) is 2. The maximum absolute atomic E-state index is 13.4. The molecular formula is C22H30N2O5. The second-order valence-electron chi connectivity index (χ2n) is 7.83. The molecule has 2 amide bonds. The van der Waals surface area contributed by atoms with Crippen molar-refractivity contribution in [1.82, 2.24) is 9.80 Å². The first kappa shape index (κ1) is 22.5. The average molecular weight is 402 g/mol. The largest absolute Gasteiger partial charge is 0.465 e. The van der Waals surface area contributed by atoms with Gasteiger partial charge in [-0.1, -0.05) is 42.5 Å². The fourth-order valence-corrected chi connectivity index (χ4v) is 3.01. The van der Waals surface area contributed by atoms with Crippen molar-refractivity contribution in [1.29, 1.82) is 0 Å². The van der Waals surface area contributed by atoms with Gasteiger partial charge in [0.2, 0.25) is 5.91 Å². The Morgan fingerprint density at radius 3 is 2.38 bits per heavy atom. The van der Waals surface area contributed by atoms with Crippen molar-refractivity contribution in [3.63, 3.8) is 0 Å². The molecule has 1 aliphatic heterocycles. The standard InChI is InChI=1S/C22H30N2O5/c1-5-28-19(25)16-23-13-9-10-14-24(21(27)29-22(2,3)4)18(20(23)26)15-17-11-7-6-8-12-17/h6-12,18H,5,13-16H2,1-4H3/b10-9-/t18-/m0/s1. The summed E-state index contributed by atoms with van der Waals surface area (Å²) in [5, 5.41) is 0. The molecule has 0 fully saturated rings. The highest BCUT2D eigenvalue weighted by Gasteiger charge is 2.36. The highest BCUT2D eigenvalue weighted by molar-refractivity contribution is 5.89. The van der Waals surface area contributed by atoms with Crippen LogP contribution in [0.1, 0.15) is 33.3 Å². The number of benzene rings is 1. The third-order valence-corrected chi connectivity index (χ3v) is 4.29. The Morgan fingerprint density at radius 2 is 1.76 bits per heavy atom. The predicted molar refractivity (Wildman–Crippen MR) is 109 cm³/mol. The van der Waals surface area contributed by atoms with Crippen LogP contribution in [0.15, 0.2) is 42.5 Å². The molecule has 2 rings (SSSR count). The molecule has 1 aromatic carbocycles. The first-order chi connectivity index (χ1) is 13.7. The quantitative estimate of drug-likeness (QED) is 0.559. The third kappa shape index (κ3) is 6.93. The fourth-order valence-electron chi connectivity index (χ4n) is 3.01. The van der Waals surface area contributed by atoms with Gasteiger partial charge in [-0.2, -0.15) is 0 Å². The summed E-state index contributed by atoms with van der Waals surface area (Å²) in [5.41, 5.74) is 0.230. The van der Waals surface area contributed by atoms with Crippen LogP contribution in [-0.4, -0.2) is 65.7 Å². The Hall–Kier alpha value is -2.83. The number of esters is 1. The molecule has 0 saturated carbocycles. The molecule has 0 aromatic heterocycles. The van der Waals surface area contributed by atoms with Crippen LogP contribution in [0.4, 0.5) is 4.79 Å². The monoisotopic (exact) mass is 402 g/mol. The van der Waals surface area contributed by atoms with E-state index in [0.29, 0.717) is 6.42 Å². The van der Waals surface area contributed by atoms with Crippen molar-refractivity contribution in [2.24, 2.45) is 0 Å². The summed E-state index contributed by atoms with van der Waals surface area (Å²) in [7, 11) is 0. The van der Waals surface area contributed by atoms with Crippen molar-refractivity contribution in [2.45, 2.75) is 45.8 Å². The van der Waals surface area contributed by atoms with Gasteiger partial charge in [-0.15, -0.1) is 0 Å². The molecule has 1 atom stereocenters. The molecule has 0 bridgehead atoms. The lowest BCUT2D eigenvalue weighted by molar-refractivity contribution is -0.150. The molecule has 158 valence electrons. The molecule has 0 aliphatic carbocycles. The van der Waals surface area contributed by atoms with Crippen LogP contribution in [-0.2, 0) is 25.5 Å². The van der Waals surface area contributed by atoms with Gasteiger partial charge in [0.1, 0.15) is 18.2 Å². The smallest absolute Gasteiger partial charge is 0.411 e. The summed E-state index contributed by atoms with van der Waals surface area (Å²) >= 11 is 0. The number of hydrogen-bond acceptors (Lipinski definition) is 5. The van der Waals surface area contributed by atoms with E-state index in [1.807, 2.05) is 36.4 Å². The topological polar surface area (TPSA) is 76.2 Å². The van der Waals surface area contributed by atoms with Gasteiger partial charge in [0.05, 0.1) is 6.61 Å². The minimum atomic E-state index is -0.786. The van der Waals surface area contributed by atoms with Crippen molar-refractivity contribution in [3.05, 3.63) is 48.0 Å². The van der Waals surface area contributed by atoms with Crippen molar-refractivity contribution in [3.8, 4) is 0 Å². The summed E-state index contributed by atoms with van der Waals surface area (Å²) in [6, 6.07) is 8.69. The zero-order valence-electron chi connectivity index (χ0n) is 17.6. The summed E-state index contributed by atoms with van der Waals surface area (Å²) < 4.78 is 10.5. The highest BCUT2D eigenvalue weighted by Crippen LogP contribution is 2.18. The van der Waals surface area contributed by atoms with Gasteiger partial charge in [0, 0.05) is 19.5 Å². The minimum absolute atomic E-state index is 0.162. The molecule has 29 heavy (non-hydrogen) atoms. The molecule has 7 heteroatoms. The molecule has 1 heterocycles. The lowest BCUT2D eigenvalue weighted by atomic mass is 10.0. The van der Waals surface area contributed by atoms with E-state index in [9.17, 15) is 14.4 Å². The molecule has 0 unspecified atom stereocenters. The van der Waals surface area contributed by atoms with E-state index in [-0.39, 0.29) is 32.1 Å². The number of hydrogen-bond donors (Lipinski definition) is 0. The van der Waals surface area contributed by atoms with E-state index in [4.69, 9.17) is 9.47 Å². The second kappa shape index (κ2) is 10.1. The highest BCUT2D eigenvalue weighted by atomic mass is 16.6. The van der Waals surface area contributed by atoms with Crippen LogP contribution in [0, 0.1) is 0 Å². The van der Waals surface area contributed by atoms with E-state index in [1.54, 1.807) is 33.8 Å². The summed E-state index contributed by atoms with van der Waals surface area (Å²) in [5.74, 6) is -0.783. The van der Waals surface area contributed by atoms with E-state index >= 15 is 0 Å². The molecule has 7 nitrogen and oxygen atoms in total. The number of carbonyl (C=O) groups is 3. The zero-order chi connectivity index (χ0) is 21.4. The zero-order valence-corrected chi connectivity index (χ0v) is 17.6. The Bertz CT molecular complexity index is 739. The molecule has 0 N–H and O–H groups in total. The molecule has 1 aromatic rings. The van der Waals surface area contributed by atoms with Crippen molar-refractivity contribution in [2.75, 3.05) is 26.2 Å². The van der Waals surface area contributed by atoms with Gasteiger partial charge < -0.3 is 14.4 Å². The number of carbonyl (C=O) groups excluding carboxylic acids is 3. The predicted octanol–water partition coefficient (Wildman–Crippen LogP) is 2.80. The summed E-state index contributed by atoms with van der Waals surface area (Å²) in [6.45, 7) is 7.69. The van der Waals surface area contributed by atoms with E-state index in [1.165, 1.54) is 9.80 Å². The molecule has 0 radical (unpaired) electrons.